The molecule has 0 saturated carbocycles. The monoisotopic (exact) mass is 534 g/mol. The second kappa shape index (κ2) is 19.3. The van der Waals surface area contributed by atoms with E-state index in [-0.39, 0.29) is 0 Å². The van der Waals surface area contributed by atoms with Gasteiger partial charge in [0, 0.05) is 48.5 Å². The summed E-state index contributed by atoms with van der Waals surface area (Å²) in [7, 11) is 10.4. The summed E-state index contributed by atoms with van der Waals surface area (Å²) < 4.78 is 3.60. The van der Waals surface area contributed by atoms with E-state index in [9.17, 15) is 0 Å². The SMILES string of the molecule is PC(=S)CNCCCN(CCCCN(CCCNCC(P)=S)C(P)=S)C(P)=S. The number of unbranched alkanes of at least 4 members (excludes halogenated alkanes) is 1. The second-order valence-electron chi connectivity index (χ2n) is 6.35. The number of nitrogens with zero attached hydrogens (tertiary/aromatic N) is 2. The molecule has 12 heteroatoms. The molecule has 0 aromatic heterocycles. The highest BCUT2D eigenvalue weighted by Crippen LogP contribution is 2.08. The summed E-state index contributed by atoms with van der Waals surface area (Å²) in [5.41, 5.74) is 0. The normalized spacial score (nSPS) is 10.6. The molecule has 0 radical (unpaired) electrons. The summed E-state index contributed by atoms with van der Waals surface area (Å²) in [5, 5.41) is 6.67. The fraction of sp³-hybridized carbons (Fsp3) is 0.750. The van der Waals surface area contributed by atoms with Crippen LogP contribution in [0, 0.1) is 0 Å². The smallest absolute Gasteiger partial charge is 0.0945 e. The minimum absolute atomic E-state index is 0.774. The van der Waals surface area contributed by atoms with E-state index in [1.807, 2.05) is 0 Å². The van der Waals surface area contributed by atoms with Crippen LogP contribution >= 0.6 is 85.8 Å². The van der Waals surface area contributed by atoms with Crippen molar-refractivity contribution in [3.63, 3.8) is 0 Å². The van der Waals surface area contributed by atoms with Gasteiger partial charge in [0.2, 0.25) is 0 Å². The molecule has 2 N–H and O–H groups in total. The number of hydrogen-bond acceptors (Lipinski definition) is 6. The van der Waals surface area contributed by atoms with Crippen LogP contribution in [0.4, 0.5) is 0 Å². The van der Waals surface area contributed by atoms with Crippen molar-refractivity contribution in [2.75, 3.05) is 52.4 Å². The van der Waals surface area contributed by atoms with Crippen molar-refractivity contribution in [2.45, 2.75) is 25.7 Å². The van der Waals surface area contributed by atoms with Crippen LogP contribution in [0.2, 0.25) is 0 Å². The van der Waals surface area contributed by atoms with Gasteiger partial charge in [0.05, 0.1) is 9.46 Å². The average Bonchev–Trinajstić information content (AvgIpc) is 2.59. The van der Waals surface area contributed by atoms with Crippen LogP contribution in [0.1, 0.15) is 25.7 Å². The Morgan fingerprint density at radius 1 is 0.571 bits per heavy atom. The van der Waals surface area contributed by atoms with Crippen molar-refractivity contribution >= 4 is 105 Å². The van der Waals surface area contributed by atoms with Crippen molar-refractivity contribution in [3.8, 4) is 0 Å². The Labute approximate surface area is 202 Å². The maximum Gasteiger partial charge on any atom is 0.0945 e. The first-order chi connectivity index (χ1) is 13.2. The lowest BCUT2D eigenvalue weighted by Gasteiger charge is -2.26. The number of hydrogen-bond donors (Lipinski definition) is 2. The molecule has 0 aromatic carbocycles. The maximum atomic E-state index is 5.37. The molecule has 0 aliphatic heterocycles. The van der Waals surface area contributed by atoms with Crippen LogP contribution in [0.5, 0.6) is 0 Å². The first kappa shape index (κ1) is 29.6. The van der Waals surface area contributed by atoms with Gasteiger partial charge < -0.3 is 20.4 Å². The Bertz CT molecular complexity index is 467. The molecule has 0 bridgehead atoms. The lowest BCUT2D eigenvalue weighted by atomic mass is 10.2. The molecule has 4 unspecified atom stereocenters. The van der Waals surface area contributed by atoms with E-state index in [0.717, 1.165) is 96.7 Å². The zero-order valence-corrected chi connectivity index (χ0v) is 24.2. The van der Waals surface area contributed by atoms with Gasteiger partial charge in [-0.25, -0.2) is 0 Å². The summed E-state index contributed by atoms with van der Waals surface area (Å²) in [4.78, 5) is 4.53. The Morgan fingerprint density at radius 2 is 0.893 bits per heavy atom. The van der Waals surface area contributed by atoms with Crippen molar-refractivity contribution in [3.05, 3.63) is 0 Å². The van der Waals surface area contributed by atoms with E-state index in [4.69, 9.17) is 48.9 Å². The van der Waals surface area contributed by atoms with Gasteiger partial charge in [0.1, 0.15) is 0 Å². The lowest BCUT2D eigenvalue weighted by molar-refractivity contribution is 0.370. The maximum absolute atomic E-state index is 5.37. The molecule has 28 heavy (non-hydrogen) atoms. The second-order valence-corrected chi connectivity index (χ2v) is 12.4. The van der Waals surface area contributed by atoms with Gasteiger partial charge in [-0.2, -0.15) is 0 Å². The van der Waals surface area contributed by atoms with Crippen LogP contribution in [0.15, 0.2) is 0 Å². The summed E-state index contributed by atoms with van der Waals surface area (Å²) in [6.07, 6.45) is 4.30. The zero-order chi connectivity index (χ0) is 21.4. The van der Waals surface area contributed by atoms with Gasteiger partial charge >= 0.3 is 0 Å². The van der Waals surface area contributed by atoms with Crippen molar-refractivity contribution in [2.24, 2.45) is 0 Å². The third-order valence-corrected chi connectivity index (χ3v) is 5.83. The van der Waals surface area contributed by atoms with Gasteiger partial charge in [-0.3, -0.25) is 0 Å². The minimum atomic E-state index is 0.774. The molecule has 0 aliphatic rings. The number of nitrogens with one attached hydrogen (secondary N) is 2. The fourth-order valence-electron chi connectivity index (χ4n) is 2.48. The molecule has 0 spiro atoms. The number of thiocarbonyl (C=S) groups is 4. The highest BCUT2D eigenvalue weighted by molar-refractivity contribution is 7.90. The first-order valence-electron chi connectivity index (χ1n) is 9.30. The van der Waals surface area contributed by atoms with E-state index in [0.29, 0.717) is 0 Å². The Hall–Kier alpha value is 1.60. The molecule has 0 fully saturated rings. The van der Waals surface area contributed by atoms with E-state index < -0.39 is 0 Å². The summed E-state index contributed by atoms with van der Waals surface area (Å²) >= 11 is 20.8. The van der Waals surface area contributed by atoms with Crippen LogP contribution in [-0.2, 0) is 0 Å². The first-order valence-corrected chi connectivity index (χ1v) is 13.2. The van der Waals surface area contributed by atoms with Gasteiger partial charge in [-0.05, 0) is 38.8 Å². The van der Waals surface area contributed by atoms with Gasteiger partial charge in [-0.1, -0.05) is 85.8 Å². The van der Waals surface area contributed by atoms with Crippen LogP contribution in [0.3, 0.4) is 0 Å². The van der Waals surface area contributed by atoms with Crippen molar-refractivity contribution in [1.29, 1.82) is 0 Å². The summed E-state index contributed by atoms with van der Waals surface area (Å²) in [5.74, 6) is 0. The Kier molecular flexibility index (Phi) is 20.4. The molecular weight excluding hydrogens is 500 g/mol. The Balaban J connectivity index is 4.01. The largest absolute Gasteiger partial charge is 0.363 e. The van der Waals surface area contributed by atoms with Crippen LogP contribution in [-0.4, -0.2) is 80.8 Å². The molecular formula is C16H34N4P4S4. The molecule has 162 valence electrons. The molecule has 0 aromatic rings. The van der Waals surface area contributed by atoms with Crippen LogP contribution in [0.25, 0.3) is 0 Å². The quantitative estimate of drug-likeness (QED) is 0.167. The van der Waals surface area contributed by atoms with Gasteiger partial charge in [0.15, 0.2) is 0 Å². The van der Waals surface area contributed by atoms with E-state index in [1.54, 1.807) is 0 Å². The average molecular weight is 535 g/mol. The predicted molar refractivity (Wildman–Crippen MR) is 157 cm³/mol. The lowest BCUT2D eigenvalue weighted by Crippen LogP contribution is -2.33. The molecule has 0 amide bonds. The third-order valence-electron chi connectivity index (χ3n) is 3.89. The molecule has 0 heterocycles. The molecule has 0 saturated heterocycles. The van der Waals surface area contributed by atoms with Crippen LogP contribution < -0.4 is 10.6 Å². The minimum Gasteiger partial charge on any atom is -0.363 e. The molecule has 0 rings (SSSR count). The van der Waals surface area contributed by atoms with Gasteiger partial charge in [0.25, 0.3) is 0 Å². The van der Waals surface area contributed by atoms with Gasteiger partial charge in [-0.15, -0.1) is 0 Å². The summed E-state index contributed by atoms with van der Waals surface area (Å²) in [6, 6.07) is 0. The molecule has 4 atom stereocenters. The van der Waals surface area contributed by atoms with E-state index >= 15 is 0 Å². The molecule has 0 aliphatic carbocycles. The van der Waals surface area contributed by atoms with Crippen molar-refractivity contribution in [1.82, 2.24) is 20.4 Å². The summed E-state index contributed by atoms with van der Waals surface area (Å²) in [6.45, 7) is 7.34. The highest BCUT2D eigenvalue weighted by Gasteiger charge is 2.08. The third kappa shape index (κ3) is 18.4. The zero-order valence-electron chi connectivity index (χ0n) is 16.3. The fourth-order valence-corrected chi connectivity index (χ4v) is 3.86. The predicted octanol–water partition coefficient (Wildman–Crippen LogP) is 3.06. The number of rotatable bonds is 17. The Morgan fingerprint density at radius 3 is 1.18 bits per heavy atom. The van der Waals surface area contributed by atoms with E-state index in [1.165, 1.54) is 0 Å². The standard InChI is InChI=1S/C16H34N4P4S4/c21-13(25)11-17-5-3-9-19(15(23)27)7-1-2-8-20(16(24)28)10-4-6-18-12-14(22)26/h17-18H,1-12,21-24H2. The highest BCUT2D eigenvalue weighted by atomic mass is 32.1. The molecule has 4 nitrogen and oxygen atoms in total. The van der Waals surface area contributed by atoms with Crippen molar-refractivity contribution < 1.29 is 0 Å². The van der Waals surface area contributed by atoms with E-state index in [2.05, 4.69) is 57.4 Å². The topological polar surface area (TPSA) is 30.5 Å².